The van der Waals surface area contributed by atoms with Crippen LogP contribution < -0.4 is 0 Å². The van der Waals surface area contributed by atoms with Gasteiger partial charge >= 0.3 is 17.9 Å². The Labute approximate surface area is 260 Å². The molecule has 6 rings (SSSR count). The first-order valence-electron chi connectivity index (χ1n) is 13.1. The van der Waals surface area contributed by atoms with E-state index in [-0.39, 0.29) is 11.4 Å². The summed E-state index contributed by atoms with van der Waals surface area (Å²) < 4.78 is 12.3. The van der Waals surface area contributed by atoms with Crippen LogP contribution in [0.2, 0.25) is 0 Å². The number of carbonyl (C=O) groups is 3. The largest absolute Gasteiger partial charge is 0.476 e. The van der Waals surface area contributed by atoms with Crippen LogP contribution in [-0.2, 0) is 23.6 Å². The molecule has 0 aliphatic carbocycles. The van der Waals surface area contributed by atoms with Crippen molar-refractivity contribution in [3.05, 3.63) is 88.4 Å². The molecule has 3 aromatic carbocycles. The fourth-order valence-electron chi connectivity index (χ4n) is 4.44. The fraction of sp³-hybridized carbons (Fsp3) is 0.129. The highest BCUT2D eigenvalue weighted by Gasteiger charge is 2.18. The van der Waals surface area contributed by atoms with E-state index in [0.717, 1.165) is 5.52 Å². The molecule has 0 fully saturated rings. The van der Waals surface area contributed by atoms with E-state index in [4.69, 9.17) is 20.9 Å². The second kappa shape index (κ2) is 13.5. The van der Waals surface area contributed by atoms with E-state index < -0.39 is 17.9 Å². The van der Waals surface area contributed by atoms with E-state index in [1.165, 1.54) is 18.9 Å². The molecule has 15 heteroatoms. The van der Waals surface area contributed by atoms with E-state index in [1.807, 2.05) is 18.2 Å². The second-order valence-corrected chi connectivity index (χ2v) is 9.36. The maximum Gasteiger partial charge on any atom is 0.359 e. The summed E-state index contributed by atoms with van der Waals surface area (Å²) in [5.74, 6) is -1.99. The van der Waals surface area contributed by atoms with Gasteiger partial charge in [-0.15, -0.1) is 0 Å². The number of aromatic amines is 1. The Bertz CT molecular complexity index is 2270. The van der Waals surface area contributed by atoms with Gasteiger partial charge in [0, 0.05) is 30.3 Å². The average Bonchev–Trinajstić information content (AvgIpc) is 3.75. The van der Waals surface area contributed by atoms with Crippen LogP contribution in [0, 0.1) is 34.0 Å². The Hall–Kier alpha value is -7.05. The number of aromatic carboxylic acids is 1. The highest BCUT2D eigenvalue weighted by atomic mass is 16.5. The Morgan fingerprint density at radius 2 is 1.30 bits per heavy atom. The molecule has 0 saturated heterocycles. The number of benzene rings is 3. The number of aromatic nitrogens is 6. The number of ether oxygens (including phenoxy) is 2. The van der Waals surface area contributed by atoms with Crippen LogP contribution in [0.1, 0.15) is 48.2 Å². The number of esters is 2. The average molecular weight is 618 g/mol. The normalized spacial score (nSPS) is 10.0. The summed E-state index contributed by atoms with van der Waals surface area (Å²) in [5, 5.41) is 51.2. The third-order valence-electron chi connectivity index (χ3n) is 6.60. The zero-order chi connectivity index (χ0) is 33.5. The van der Waals surface area contributed by atoms with Gasteiger partial charge < -0.3 is 14.6 Å². The number of nitrogens with one attached hydrogen (secondary N) is 1. The van der Waals surface area contributed by atoms with Gasteiger partial charge in [0.2, 0.25) is 0 Å². The van der Waals surface area contributed by atoms with Gasteiger partial charge in [-0.1, -0.05) is 0 Å². The van der Waals surface area contributed by atoms with Crippen LogP contribution in [0.15, 0.2) is 54.6 Å². The maximum absolute atomic E-state index is 11.5. The number of methoxy groups -OCH3 is 2. The molecule has 2 N–H and O–H groups in total. The van der Waals surface area contributed by atoms with E-state index in [0.29, 0.717) is 49.6 Å². The summed E-state index contributed by atoms with van der Waals surface area (Å²) in [6, 6.07) is 20.8. The highest BCUT2D eigenvalue weighted by Crippen LogP contribution is 2.21. The Kier molecular flexibility index (Phi) is 9.36. The molecule has 0 aliphatic rings. The topological polar surface area (TPSA) is 226 Å². The summed E-state index contributed by atoms with van der Waals surface area (Å²) in [6.45, 7) is 0. The van der Waals surface area contributed by atoms with Gasteiger partial charge in [0.15, 0.2) is 17.1 Å². The molecule has 0 saturated carbocycles. The van der Waals surface area contributed by atoms with Crippen LogP contribution in [0.4, 0.5) is 0 Å². The van der Waals surface area contributed by atoms with E-state index >= 15 is 0 Å². The van der Waals surface area contributed by atoms with Crippen molar-refractivity contribution in [2.45, 2.75) is 0 Å². The molecular weight excluding hydrogens is 594 g/mol. The number of nitrogens with zero attached hydrogens (tertiary/aromatic N) is 8. The molecule has 0 radical (unpaired) electrons. The van der Waals surface area contributed by atoms with Crippen LogP contribution in [-0.4, -0.2) is 67.0 Å². The number of carboxylic acids is 1. The lowest BCUT2D eigenvalue weighted by atomic mass is 10.1. The van der Waals surface area contributed by atoms with Crippen molar-refractivity contribution in [2.75, 3.05) is 14.2 Å². The molecule has 0 atom stereocenters. The Morgan fingerprint density at radius 3 is 1.89 bits per heavy atom. The lowest BCUT2D eigenvalue weighted by molar-refractivity contribution is 0.0583. The van der Waals surface area contributed by atoms with Crippen LogP contribution >= 0.6 is 0 Å². The van der Waals surface area contributed by atoms with Crippen molar-refractivity contribution >= 4 is 50.6 Å². The number of H-pyrrole nitrogens is 1. The van der Waals surface area contributed by atoms with Gasteiger partial charge in [-0.2, -0.15) is 31.1 Å². The van der Waals surface area contributed by atoms with E-state index in [2.05, 4.69) is 29.9 Å². The lowest BCUT2D eigenvalue weighted by Gasteiger charge is -1.99. The summed E-state index contributed by atoms with van der Waals surface area (Å²) in [6.07, 6.45) is 0. The summed E-state index contributed by atoms with van der Waals surface area (Å²) in [5.41, 5.74) is 4.06. The minimum Gasteiger partial charge on any atom is -0.476 e. The molecule has 6 aromatic rings. The van der Waals surface area contributed by atoms with E-state index in [1.54, 1.807) is 73.4 Å². The highest BCUT2D eigenvalue weighted by molar-refractivity contribution is 6.03. The molecule has 0 unspecified atom stereocenters. The quantitative estimate of drug-likeness (QED) is 0.272. The molecule has 3 heterocycles. The summed E-state index contributed by atoms with van der Waals surface area (Å²) in [7, 11) is 6.02. The van der Waals surface area contributed by atoms with Crippen molar-refractivity contribution in [1.29, 1.82) is 15.8 Å². The third-order valence-corrected chi connectivity index (χ3v) is 6.60. The number of carbonyl (C=O) groups excluding carboxylic acids is 2. The molecule has 46 heavy (non-hydrogen) atoms. The standard InChI is InChI=1S/2C11H9N3O2.C9H5N3O2/c1-14-9-5-7(6-12)3-4-8(9)10(13-14)11(15)16-2;1-14-10(11(15)16-2)8-4-3-7(6-12)5-9(8)13-14;10-4-5-1-2-6-7(3-5)11-12-8(6)9(13)14/h2*3-5H,1-2H3;1-3H,(H,11,12)(H,13,14). The number of hydrogen-bond acceptors (Lipinski definition) is 11. The van der Waals surface area contributed by atoms with Gasteiger partial charge in [0.05, 0.1) is 65.7 Å². The first-order chi connectivity index (χ1) is 22.1. The molecule has 15 nitrogen and oxygen atoms in total. The van der Waals surface area contributed by atoms with Crippen molar-refractivity contribution in [3.8, 4) is 18.2 Å². The fourth-order valence-corrected chi connectivity index (χ4v) is 4.44. The van der Waals surface area contributed by atoms with E-state index in [9.17, 15) is 14.4 Å². The van der Waals surface area contributed by atoms with Gasteiger partial charge in [0.25, 0.3) is 0 Å². The van der Waals surface area contributed by atoms with Gasteiger partial charge in [-0.25, -0.2) is 14.4 Å². The maximum atomic E-state index is 11.5. The molecule has 0 aliphatic heterocycles. The van der Waals surface area contributed by atoms with Crippen molar-refractivity contribution in [3.63, 3.8) is 0 Å². The number of aryl methyl sites for hydroxylation is 2. The van der Waals surface area contributed by atoms with Gasteiger partial charge in [-0.3, -0.25) is 14.5 Å². The first-order valence-corrected chi connectivity index (χ1v) is 13.1. The Balaban J connectivity index is 0.000000157. The molecule has 228 valence electrons. The monoisotopic (exact) mass is 617 g/mol. The minimum atomic E-state index is -1.08. The predicted octanol–water partition coefficient (Wildman–Crippen LogP) is 3.60. The lowest BCUT2D eigenvalue weighted by Crippen LogP contribution is -2.08. The van der Waals surface area contributed by atoms with Crippen molar-refractivity contribution in [2.24, 2.45) is 14.1 Å². The zero-order valence-electron chi connectivity index (χ0n) is 24.8. The molecular formula is C31H23N9O6. The van der Waals surface area contributed by atoms with Crippen LogP contribution in [0.5, 0.6) is 0 Å². The number of rotatable bonds is 3. The SMILES string of the molecule is COC(=O)c1c2ccc(C#N)cc2nn1C.COC(=O)c1nn(C)c2cc(C#N)ccc12.N#Cc1ccc2c(C(=O)O)n[nH]c2c1. The molecule has 3 aromatic heterocycles. The van der Waals surface area contributed by atoms with Gasteiger partial charge in [-0.05, 0) is 54.6 Å². The Morgan fingerprint density at radius 1 is 0.739 bits per heavy atom. The van der Waals surface area contributed by atoms with Gasteiger partial charge in [0.1, 0.15) is 0 Å². The number of carboxylic acid groups (broad SMARTS) is 1. The zero-order valence-corrected chi connectivity index (χ0v) is 24.8. The second-order valence-electron chi connectivity index (χ2n) is 9.36. The van der Waals surface area contributed by atoms with Crippen molar-refractivity contribution in [1.82, 2.24) is 29.8 Å². The van der Waals surface area contributed by atoms with Crippen LogP contribution in [0.3, 0.4) is 0 Å². The smallest absolute Gasteiger partial charge is 0.359 e. The predicted molar refractivity (Wildman–Crippen MR) is 161 cm³/mol. The summed E-state index contributed by atoms with van der Waals surface area (Å²) in [4.78, 5) is 33.6. The van der Waals surface area contributed by atoms with Crippen LogP contribution in [0.25, 0.3) is 32.7 Å². The van der Waals surface area contributed by atoms with Crippen molar-refractivity contribution < 1.29 is 29.0 Å². The number of fused-ring (bicyclic) bond motifs is 3. The number of nitriles is 3. The number of hydrogen-bond donors (Lipinski definition) is 2. The molecule has 0 bridgehead atoms. The first kappa shape index (κ1) is 31.9. The third kappa shape index (κ3) is 6.32. The molecule has 0 amide bonds. The summed E-state index contributed by atoms with van der Waals surface area (Å²) >= 11 is 0. The minimum absolute atomic E-state index is 0.0236. The molecule has 0 spiro atoms.